The first-order valence-corrected chi connectivity index (χ1v) is 9.27. The second kappa shape index (κ2) is 5.02. The van der Waals surface area contributed by atoms with Crippen LogP contribution in [0.2, 0.25) is 0 Å². The fourth-order valence-corrected chi connectivity index (χ4v) is 6.49. The summed E-state index contributed by atoms with van der Waals surface area (Å²) >= 11 is 0. The highest BCUT2D eigenvalue weighted by molar-refractivity contribution is 5.46. The summed E-state index contributed by atoms with van der Waals surface area (Å²) in [5, 5.41) is 19.5. The predicted molar refractivity (Wildman–Crippen MR) is 94.0 cm³/mol. The molecule has 24 heavy (non-hydrogen) atoms. The molecule has 3 fully saturated rings. The lowest BCUT2D eigenvalue weighted by molar-refractivity contribution is 0.181. The van der Waals surface area contributed by atoms with E-state index >= 15 is 0 Å². The average Bonchev–Trinajstić information content (AvgIpc) is 3.28. The van der Waals surface area contributed by atoms with Crippen molar-refractivity contribution in [3.05, 3.63) is 59.7 Å². The molecule has 124 valence electrons. The van der Waals surface area contributed by atoms with Crippen LogP contribution in [0.25, 0.3) is 0 Å². The molecule has 5 rings (SSSR count). The van der Waals surface area contributed by atoms with E-state index in [1.807, 2.05) is 24.3 Å². The summed E-state index contributed by atoms with van der Waals surface area (Å²) in [5.74, 6) is 4.00. The first-order valence-electron chi connectivity index (χ1n) is 9.27. The summed E-state index contributed by atoms with van der Waals surface area (Å²) in [6.07, 6.45) is 6.76. The van der Waals surface area contributed by atoms with E-state index in [-0.39, 0.29) is 5.41 Å². The van der Waals surface area contributed by atoms with Crippen molar-refractivity contribution in [2.45, 2.75) is 37.5 Å². The Bertz CT molecular complexity index is 701. The molecule has 0 spiro atoms. The number of benzene rings is 2. The summed E-state index contributed by atoms with van der Waals surface area (Å²) in [6, 6.07) is 15.8. The monoisotopic (exact) mass is 320 g/mol. The van der Waals surface area contributed by atoms with Crippen LogP contribution in [-0.2, 0) is 5.41 Å². The lowest BCUT2D eigenvalue weighted by Crippen LogP contribution is -2.40. The third-order valence-corrected chi connectivity index (χ3v) is 7.29. The zero-order valence-corrected chi connectivity index (χ0v) is 13.9. The van der Waals surface area contributed by atoms with Gasteiger partial charge in [-0.2, -0.15) is 0 Å². The normalized spacial score (nSPS) is 32.8. The lowest BCUT2D eigenvalue weighted by Gasteiger charge is -2.44. The van der Waals surface area contributed by atoms with Crippen molar-refractivity contribution in [2.75, 3.05) is 0 Å². The first-order chi connectivity index (χ1) is 11.7. The Morgan fingerprint density at radius 2 is 1.29 bits per heavy atom. The fourth-order valence-electron chi connectivity index (χ4n) is 6.49. The van der Waals surface area contributed by atoms with Gasteiger partial charge in [-0.3, -0.25) is 0 Å². The molecule has 2 bridgehead atoms. The van der Waals surface area contributed by atoms with Crippen LogP contribution in [-0.4, -0.2) is 10.2 Å². The summed E-state index contributed by atoms with van der Waals surface area (Å²) in [5.41, 5.74) is 2.73. The molecule has 4 atom stereocenters. The van der Waals surface area contributed by atoms with Crippen molar-refractivity contribution >= 4 is 0 Å². The van der Waals surface area contributed by atoms with E-state index in [1.165, 1.54) is 43.2 Å². The molecule has 3 aliphatic rings. The van der Waals surface area contributed by atoms with Crippen LogP contribution in [0.15, 0.2) is 48.5 Å². The molecular formula is C22H24O2. The topological polar surface area (TPSA) is 40.5 Å². The zero-order valence-electron chi connectivity index (χ0n) is 13.9. The summed E-state index contributed by atoms with van der Waals surface area (Å²) < 4.78 is 0. The minimum Gasteiger partial charge on any atom is -0.508 e. The maximum absolute atomic E-state index is 9.74. The Balaban J connectivity index is 1.67. The molecule has 0 aromatic heterocycles. The van der Waals surface area contributed by atoms with Crippen molar-refractivity contribution in [1.82, 2.24) is 0 Å². The van der Waals surface area contributed by atoms with Gasteiger partial charge in [0.05, 0.1) is 0 Å². The second-order valence-electron chi connectivity index (χ2n) is 8.13. The molecule has 3 saturated carbocycles. The molecule has 2 N–H and O–H groups in total. The molecule has 2 aromatic rings. The summed E-state index contributed by atoms with van der Waals surface area (Å²) in [4.78, 5) is 0. The van der Waals surface area contributed by atoms with Gasteiger partial charge in [-0.1, -0.05) is 30.7 Å². The van der Waals surface area contributed by atoms with Gasteiger partial charge in [0, 0.05) is 5.41 Å². The maximum atomic E-state index is 9.74. The zero-order chi connectivity index (χ0) is 16.3. The Labute approximate surface area is 143 Å². The van der Waals surface area contributed by atoms with E-state index in [9.17, 15) is 10.2 Å². The molecule has 3 aliphatic carbocycles. The third-order valence-electron chi connectivity index (χ3n) is 7.29. The van der Waals surface area contributed by atoms with Gasteiger partial charge in [-0.15, -0.1) is 0 Å². The van der Waals surface area contributed by atoms with Crippen LogP contribution in [0.4, 0.5) is 0 Å². The van der Waals surface area contributed by atoms with Crippen LogP contribution >= 0.6 is 0 Å². The van der Waals surface area contributed by atoms with Gasteiger partial charge in [-0.25, -0.2) is 0 Å². The van der Waals surface area contributed by atoms with Crippen LogP contribution in [0.1, 0.15) is 43.2 Å². The maximum Gasteiger partial charge on any atom is 0.115 e. The molecule has 2 nitrogen and oxygen atoms in total. The van der Waals surface area contributed by atoms with Crippen LogP contribution < -0.4 is 0 Å². The smallest absolute Gasteiger partial charge is 0.115 e. The minimum atomic E-state index is 0.0531. The highest BCUT2D eigenvalue weighted by Crippen LogP contribution is 2.68. The van der Waals surface area contributed by atoms with Gasteiger partial charge < -0.3 is 10.2 Å². The van der Waals surface area contributed by atoms with E-state index in [4.69, 9.17) is 0 Å². The highest BCUT2D eigenvalue weighted by atomic mass is 16.3. The SMILES string of the molecule is Oc1ccc(C2(c3ccc(O)cc3)C[C@H]3C[C@H]2[C@H]2CCC[C@H]32)cc1. The fraction of sp³-hybridized carbons (Fsp3) is 0.455. The predicted octanol–water partition coefficient (Wildman–Crippen LogP) is 4.84. The van der Waals surface area contributed by atoms with E-state index < -0.39 is 0 Å². The molecule has 0 heterocycles. The van der Waals surface area contributed by atoms with Gasteiger partial charge in [0.25, 0.3) is 0 Å². The summed E-state index contributed by atoms with van der Waals surface area (Å²) in [6.45, 7) is 0. The molecule has 0 radical (unpaired) electrons. The Morgan fingerprint density at radius 3 is 1.88 bits per heavy atom. The Kier molecular flexibility index (Phi) is 3.01. The first kappa shape index (κ1) is 14.4. The highest BCUT2D eigenvalue weighted by Gasteiger charge is 2.61. The molecular weight excluding hydrogens is 296 g/mol. The van der Waals surface area contributed by atoms with Gasteiger partial charge in [0.1, 0.15) is 11.5 Å². The van der Waals surface area contributed by atoms with Crippen LogP contribution in [0, 0.1) is 23.7 Å². The van der Waals surface area contributed by atoms with Gasteiger partial charge in [-0.05, 0) is 84.7 Å². The number of phenolic OH excluding ortho intramolecular Hbond substituents is 2. The molecule has 2 heteroatoms. The van der Waals surface area contributed by atoms with E-state index in [0.29, 0.717) is 17.4 Å². The molecule has 0 unspecified atom stereocenters. The lowest BCUT2D eigenvalue weighted by atomic mass is 9.59. The Morgan fingerprint density at radius 1 is 0.750 bits per heavy atom. The number of fused-ring (bicyclic) bond motifs is 5. The van der Waals surface area contributed by atoms with Gasteiger partial charge in [0.15, 0.2) is 0 Å². The van der Waals surface area contributed by atoms with Crippen molar-refractivity contribution in [2.24, 2.45) is 23.7 Å². The van der Waals surface area contributed by atoms with Crippen LogP contribution in [0.5, 0.6) is 11.5 Å². The average molecular weight is 320 g/mol. The minimum absolute atomic E-state index is 0.0531. The van der Waals surface area contributed by atoms with Crippen molar-refractivity contribution in [3.8, 4) is 11.5 Å². The molecule has 0 amide bonds. The number of phenols is 2. The molecule has 0 aliphatic heterocycles. The van der Waals surface area contributed by atoms with E-state index in [0.717, 1.165) is 17.8 Å². The van der Waals surface area contributed by atoms with E-state index in [2.05, 4.69) is 24.3 Å². The molecule has 0 saturated heterocycles. The van der Waals surface area contributed by atoms with Gasteiger partial charge >= 0.3 is 0 Å². The van der Waals surface area contributed by atoms with Crippen molar-refractivity contribution < 1.29 is 10.2 Å². The standard InChI is InChI=1S/C22H24O2/c23-17-8-4-15(5-9-17)22(16-6-10-18(24)11-7-16)13-14-12-21(22)20-3-1-2-19(14)20/h4-11,14,19-21,23-24H,1-3,12-13H2/t14-,19-,20+,21+/m1/s1. The van der Waals surface area contributed by atoms with Gasteiger partial charge in [0.2, 0.25) is 0 Å². The second-order valence-corrected chi connectivity index (χ2v) is 8.13. The third kappa shape index (κ3) is 1.83. The number of hydrogen-bond donors (Lipinski definition) is 2. The quantitative estimate of drug-likeness (QED) is 0.831. The van der Waals surface area contributed by atoms with Crippen molar-refractivity contribution in [3.63, 3.8) is 0 Å². The largest absolute Gasteiger partial charge is 0.508 e. The van der Waals surface area contributed by atoms with Crippen molar-refractivity contribution in [1.29, 1.82) is 0 Å². The number of rotatable bonds is 2. The summed E-state index contributed by atoms with van der Waals surface area (Å²) in [7, 11) is 0. The van der Waals surface area contributed by atoms with E-state index in [1.54, 1.807) is 0 Å². The number of hydrogen-bond acceptors (Lipinski definition) is 2. The molecule has 2 aromatic carbocycles. The number of aromatic hydroxyl groups is 2. The van der Waals surface area contributed by atoms with Crippen LogP contribution in [0.3, 0.4) is 0 Å². The Hall–Kier alpha value is -1.96.